The van der Waals surface area contributed by atoms with Crippen molar-refractivity contribution in [2.24, 2.45) is 4.99 Å². The molecule has 0 saturated carbocycles. The van der Waals surface area contributed by atoms with Gasteiger partial charge < -0.3 is 19.9 Å². The smallest absolute Gasteiger partial charge is 0.213 e. The highest BCUT2D eigenvalue weighted by atomic mass is 127. The van der Waals surface area contributed by atoms with Gasteiger partial charge in [-0.1, -0.05) is 12.1 Å². The molecule has 31 heavy (non-hydrogen) atoms. The van der Waals surface area contributed by atoms with Crippen LogP contribution in [0.3, 0.4) is 0 Å². The third-order valence-corrected chi connectivity index (χ3v) is 6.79. The third kappa shape index (κ3) is 8.03. The molecule has 1 atom stereocenters. The number of hydrogen-bond acceptors (Lipinski definition) is 5. The average molecular weight is 569 g/mol. The molecule has 1 unspecified atom stereocenters. The maximum absolute atomic E-state index is 14.0. The summed E-state index contributed by atoms with van der Waals surface area (Å²) in [6.45, 7) is 3.99. The molecular weight excluding hydrogens is 536 g/mol. The van der Waals surface area contributed by atoms with Gasteiger partial charge in [-0.2, -0.15) is 0 Å². The predicted octanol–water partition coefficient (Wildman–Crippen LogP) is 1.63. The molecule has 2 N–H and O–H groups in total. The van der Waals surface area contributed by atoms with E-state index in [-0.39, 0.29) is 48.2 Å². The van der Waals surface area contributed by atoms with Gasteiger partial charge in [0.2, 0.25) is 10.0 Å². The van der Waals surface area contributed by atoms with Crippen LogP contribution in [0.5, 0.6) is 0 Å². The lowest BCUT2D eigenvalue weighted by Crippen LogP contribution is -2.53. The van der Waals surface area contributed by atoms with Gasteiger partial charge in [0.05, 0.1) is 17.5 Å². The van der Waals surface area contributed by atoms with Crippen LogP contribution in [0, 0.1) is 5.82 Å². The van der Waals surface area contributed by atoms with Crippen LogP contribution in [0.15, 0.2) is 29.3 Å². The van der Waals surface area contributed by atoms with E-state index in [9.17, 15) is 12.8 Å². The van der Waals surface area contributed by atoms with E-state index >= 15 is 0 Å². The zero-order valence-electron chi connectivity index (χ0n) is 17.9. The number of benzene rings is 1. The summed E-state index contributed by atoms with van der Waals surface area (Å²) in [6, 6.07) is 6.78. The summed E-state index contributed by atoms with van der Waals surface area (Å²) >= 11 is 0. The minimum atomic E-state index is -3.38. The van der Waals surface area contributed by atoms with Gasteiger partial charge in [-0.25, -0.2) is 17.5 Å². The Morgan fingerprint density at radius 3 is 2.61 bits per heavy atom. The second-order valence-electron chi connectivity index (χ2n) is 7.56. The van der Waals surface area contributed by atoms with Gasteiger partial charge in [0.25, 0.3) is 0 Å². The summed E-state index contributed by atoms with van der Waals surface area (Å²) < 4.78 is 46.7. The highest BCUT2D eigenvalue weighted by Crippen LogP contribution is 2.20. The molecule has 2 saturated heterocycles. The van der Waals surface area contributed by atoms with Crippen LogP contribution in [0.2, 0.25) is 0 Å². The van der Waals surface area contributed by atoms with E-state index < -0.39 is 10.0 Å². The Labute approximate surface area is 201 Å². The molecule has 0 radical (unpaired) electrons. The van der Waals surface area contributed by atoms with Crippen LogP contribution < -0.4 is 14.9 Å². The standard InChI is InChI=1S/C20H32FN5O3S.HI/c1-22-20(23-9-15-30(27,28)24-16-17-6-4-5-14-29-17)26-12-10-25(11-13-26)19-8-3-2-7-18(19)21;/h2-3,7-8,17,24H,4-6,9-16H2,1H3,(H,22,23);1H. The summed E-state index contributed by atoms with van der Waals surface area (Å²) in [5, 5.41) is 3.13. The number of nitrogens with one attached hydrogen (secondary N) is 2. The minimum absolute atomic E-state index is 0. The molecule has 1 aromatic rings. The van der Waals surface area contributed by atoms with Crippen LogP contribution >= 0.6 is 24.0 Å². The lowest BCUT2D eigenvalue weighted by molar-refractivity contribution is 0.0200. The van der Waals surface area contributed by atoms with E-state index in [1.807, 2.05) is 11.0 Å². The number of rotatable bonds is 7. The summed E-state index contributed by atoms with van der Waals surface area (Å²) in [5.41, 5.74) is 0.610. The lowest BCUT2D eigenvalue weighted by atomic mass is 10.1. The number of ether oxygens (including phenoxy) is 1. The number of nitrogens with zero attached hydrogens (tertiary/aromatic N) is 3. The topological polar surface area (TPSA) is 86.3 Å². The van der Waals surface area contributed by atoms with Gasteiger partial charge >= 0.3 is 0 Å². The molecule has 1 aromatic carbocycles. The summed E-state index contributed by atoms with van der Waals surface area (Å²) in [4.78, 5) is 8.35. The lowest BCUT2D eigenvalue weighted by Gasteiger charge is -2.37. The first-order chi connectivity index (χ1) is 14.5. The Kier molecular flexibility index (Phi) is 10.7. The first-order valence-electron chi connectivity index (χ1n) is 10.5. The van der Waals surface area contributed by atoms with Gasteiger partial charge in [-0.15, -0.1) is 24.0 Å². The van der Waals surface area contributed by atoms with E-state index in [0.717, 1.165) is 19.3 Å². The van der Waals surface area contributed by atoms with Crippen LogP contribution in [0.4, 0.5) is 10.1 Å². The predicted molar refractivity (Wildman–Crippen MR) is 132 cm³/mol. The Balaban J connectivity index is 0.00000341. The monoisotopic (exact) mass is 569 g/mol. The molecule has 0 amide bonds. The highest BCUT2D eigenvalue weighted by Gasteiger charge is 2.22. The zero-order chi connectivity index (χ0) is 21.4. The molecule has 0 aliphatic carbocycles. The van der Waals surface area contributed by atoms with Crippen molar-refractivity contribution in [3.63, 3.8) is 0 Å². The number of aliphatic imine (C=N–C) groups is 1. The van der Waals surface area contributed by atoms with Crippen molar-refractivity contribution in [1.82, 2.24) is 14.9 Å². The molecule has 8 nitrogen and oxygen atoms in total. The number of piperazine rings is 1. The Bertz CT molecular complexity index is 813. The fourth-order valence-electron chi connectivity index (χ4n) is 3.76. The molecule has 2 fully saturated rings. The Morgan fingerprint density at radius 2 is 1.97 bits per heavy atom. The molecule has 11 heteroatoms. The van der Waals surface area contributed by atoms with Crippen LogP contribution in [0.1, 0.15) is 19.3 Å². The van der Waals surface area contributed by atoms with Gasteiger partial charge in [0.15, 0.2) is 5.96 Å². The van der Waals surface area contributed by atoms with Gasteiger partial charge in [0.1, 0.15) is 5.82 Å². The SMILES string of the molecule is CN=C(NCCS(=O)(=O)NCC1CCCCO1)N1CCN(c2ccccc2F)CC1.I. The number of sulfonamides is 1. The zero-order valence-corrected chi connectivity index (χ0v) is 21.1. The maximum atomic E-state index is 14.0. The van der Waals surface area contributed by atoms with E-state index in [4.69, 9.17) is 4.74 Å². The van der Waals surface area contributed by atoms with Crippen molar-refractivity contribution in [2.75, 3.05) is 63.6 Å². The van der Waals surface area contributed by atoms with Crippen molar-refractivity contribution >= 4 is 45.6 Å². The molecule has 0 spiro atoms. The second kappa shape index (κ2) is 12.8. The number of halogens is 2. The normalized spacial score (nSPS) is 20.3. The number of para-hydroxylation sites is 1. The average Bonchev–Trinajstić information content (AvgIpc) is 2.77. The highest BCUT2D eigenvalue weighted by molar-refractivity contribution is 14.0. The van der Waals surface area contributed by atoms with E-state index in [0.29, 0.717) is 51.0 Å². The Morgan fingerprint density at radius 1 is 1.23 bits per heavy atom. The van der Waals surface area contributed by atoms with Crippen molar-refractivity contribution in [2.45, 2.75) is 25.4 Å². The summed E-state index contributed by atoms with van der Waals surface area (Å²) in [7, 11) is -1.70. The summed E-state index contributed by atoms with van der Waals surface area (Å²) in [6.07, 6.45) is 2.99. The number of anilines is 1. The molecule has 2 aliphatic rings. The van der Waals surface area contributed by atoms with Crippen molar-refractivity contribution in [3.05, 3.63) is 30.1 Å². The first kappa shape index (κ1) is 26.1. The first-order valence-corrected chi connectivity index (χ1v) is 12.2. The molecule has 0 aromatic heterocycles. The van der Waals surface area contributed by atoms with Crippen molar-refractivity contribution in [1.29, 1.82) is 0 Å². The van der Waals surface area contributed by atoms with Crippen molar-refractivity contribution < 1.29 is 17.5 Å². The molecule has 176 valence electrons. The van der Waals surface area contributed by atoms with Crippen LogP contribution in [0.25, 0.3) is 0 Å². The largest absolute Gasteiger partial charge is 0.377 e. The van der Waals surface area contributed by atoms with Gasteiger partial charge in [-0.3, -0.25) is 4.99 Å². The molecule has 2 aliphatic heterocycles. The molecular formula is C20H33FIN5O3S. The second-order valence-corrected chi connectivity index (χ2v) is 9.48. The van der Waals surface area contributed by atoms with E-state index in [1.54, 1.807) is 19.2 Å². The van der Waals surface area contributed by atoms with Crippen molar-refractivity contribution in [3.8, 4) is 0 Å². The molecule has 0 bridgehead atoms. The van der Waals surface area contributed by atoms with E-state index in [2.05, 4.69) is 19.9 Å². The maximum Gasteiger partial charge on any atom is 0.213 e. The van der Waals surface area contributed by atoms with Gasteiger partial charge in [0, 0.05) is 52.9 Å². The van der Waals surface area contributed by atoms with Gasteiger partial charge in [-0.05, 0) is 31.4 Å². The molecule has 3 rings (SSSR count). The summed E-state index contributed by atoms with van der Waals surface area (Å²) in [5.74, 6) is 0.410. The fraction of sp³-hybridized carbons (Fsp3) is 0.650. The fourth-order valence-corrected chi connectivity index (χ4v) is 4.71. The quantitative estimate of drug-likeness (QED) is 0.295. The van der Waals surface area contributed by atoms with Crippen LogP contribution in [-0.2, 0) is 14.8 Å². The number of guanidine groups is 1. The van der Waals surface area contributed by atoms with E-state index in [1.165, 1.54) is 6.07 Å². The minimum Gasteiger partial charge on any atom is -0.377 e. The Hall–Kier alpha value is -1.18. The number of hydrogen-bond donors (Lipinski definition) is 2. The third-order valence-electron chi connectivity index (χ3n) is 5.44. The molecule has 2 heterocycles. The van der Waals surface area contributed by atoms with Crippen LogP contribution in [-0.4, -0.2) is 84.1 Å².